The zero-order valence-corrected chi connectivity index (χ0v) is 12.3. The number of pyridine rings is 1. The third-order valence-corrected chi connectivity index (χ3v) is 3.91. The number of hydrogen-bond acceptors (Lipinski definition) is 3. The van der Waals surface area contributed by atoms with Crippen LogP contribution in [0.4, 0.5) is 5.69 Å². The minimum absolute atomic E-state index is 0.333. The number of aromatic nitrogens is 1. The van der Waals surface area contributed by atoms with E-state index in [0.717, 1.165) is 40.6 Å². The van der Waals surface area contributed by atoms with E-state index in [0.29, 0.717) is 6.10 Å². The number of nitrogens with zero attached hydrogens (tertiary/aromatic N) is 1. The van der Waals surface area contributed by atoms with Gasteiger partial charge in [-0.25, -0.2) is 0 Å². The molecule has 0 spiro atoms. The van der Waals surface area contributed by atoms with Gasteiger partial charge < -0.3 is 10.1 Å². The summed E-state index contributed by atoms with van der Waals surface area (Å²) in [6, 6.07) is 8.30. The summed E-state index contributed by atoms with van der Waals surface area (Å²) in [7, 11) is 0. The molecule has 1 saturated heterocycles. The van der Waals surface area contributed by atoms with Gasteiger partial charge in [0.05, 0.1) is 17.3 Å². The van der Waals surface area contributed by atoms with Gasteiger partial charge in [0.2, 0.25) is 0 Å². The molecule has 100 valence electrons. The lowest BCUT2D eigenvalue weighted by atomic mass is 10.1. The molecule has 0 bridgehead atoms. The first-order chi connectivity index (χ1) is 9.33. The molecular weight excluding hydrogens is 304 g/mol. The van der Waals surface area contributed by atoms with Crippen LogP contribution in [0.5, 0.6) is 0 Å². The summed E-state index contributed by atoms with van der Waals surface area (Å²) in [6.45, 7) is 1.75. The second-order valence-corrected chi connectivity index (χ2v) is 5.82. The summed E-state index contributed by atoms with van der Waals surface area (Å²) in [6.07, 6.45) is 5.79. The lowest BCUT2D eigenvalue weighted by molar-refractivity contribution is 0.0248. The van der Waals surface area contributed by atoms with Crippen molar-refractivity contribution in [1.82, 2.24) is 4.98 Å². The number of hydrogen-bond donors (Lipinski definition) is 1. The van der Waals surface area contributed by atoms with Gasteiger partial charge in [0.1, 0.15) is 0 Å². The van der Waals surface area contributed by atoms with Crippen LogP contribution in [0.1, 0.15) is 19.3 Å². The second-order valence-electron chi connectivity index (χ2n) is 4.90. The highest BCUT2D eigenvalue weighted by molar-refractivity contribution is 9.10. The first-order valence-corrected chi connectivity index (χ1v) is 7.52. The van der Waals surface area contributed by atoms with E-state index >= 15 is 0 Å². The van der Waals surface area contributed by atoms with Crippen LogP contribution < -0.4 is 5.32 Å². The standard InChI is InChI=1S/C15H17BrN2O/c16-12-8-11-4-3-6-14(15(11)18-9-12)17-10-13-5-1-2-7-19-13/h3-4,6,8-9,13,17H,1-2,5,7,10H2. The molecule has 19 heavy (non-hydrogen) atoms. The van der Waals surface area contributed by atoms with Crippen LogP contribution in [0.15, 0.2) is 34.9 Å². The van der Waals surface area contributed by atoms with Crippen molar-refractivity contribution < 1.29 is 4.74 Å². The molecule has 0 amide bonds. The minimum atomic E-state index is 0.333. The summed E-state index contributed by atoms with van der Waals surface area (Å²) >= 11 is 3.46. The highest BCUT2D eigenvalue weighted by Crippen LogP contribution is 2.24. The van der Waals surface area contributed by atoms with Crippen LogP contribution in [-0.4, -0.2) is 24.2 Å². The molecule has 1 unspecified atom stereocenters. The van der Waals surface area contributed by atoms with Crippen molar-refractivity contribution in [3.05, 3.63) is 34.9 Å². The van der Waals surface area contributed by atoms with E-state index in [1.807, 2.05) is 6.20 Å². The molecule has 3 rings (SSSR count). The Morgan fingerprint density at radius 3 is 3.16 bits per heavy atom. The summed E-state index contributed by atoms with van der Waals surface area (Å²) in [5, 5.41) is 4.62. The monoisotopic (exact) mass is 320 g/mol. The van der Waals surface area contributed by atoms with Crippen LogP contribution in [0.2, 0.25) is 0 Å². The van der Waals surface area contributed by atoms with E-state index < -0.39 is 0 Å². The van der Waals surface area contributed by atoms with E-state index in [-0.39, 0.29) is 0 Å². The summed E-state index contributed by atoms with van der Waals surface area (Å²) in [5.41, 5.74) is 2.10. The molecule has 0 radical (unpaired) electrons. The Labute approximate surface area is 121 Å². The molecule has 1 aliphatic rings. The highest BCUT2D eigenvalue weighted by Gasteiger charge is 2.13. The molecule has 1 atom stereocenters. The predicted molar refractivity (Wildman–Crippen MR) is 81.5 cm³/mol. The van der Waals surface area contributed by atoms with Crippen molar-refractivity contribution in [1.29, 1.82) is 0 Å². The zero-order valence-electron chi connectivity index (χ0n) is 10.7. The van der Waals surface area contributed by atoms with Crippen LogP contribution >= 0.6 is 15.9 Å². The number of para-hydroxylation sites is 1. The SMILES string of the molecule is Brc1cnc2c(NCC3CCCCO3)cccc2c1. The van der Waals surface area contributed by atoms with Gasteiger partial charge in [-0.05, 0) is 47.3 Å². The van der Waals surface area contributed by atoms with Crippen molar-refractivity contribution in [3.8, 4) is 0 Å². The van der Waals surface area contributed by atoms with E-state index in [2.05, 4.69) is 50.5 Å². The van der Waals surface area contributed by atoms with Crippen LogP contribution in [0.25, 0.3) is 10.9 Å². The fraction of sp³-hybridized carbons (Fsp3) is 0.400. The van der Waals surface area contributed by atoms with E-state index in [9.17, 15) is 0 Å². The minimum Gasteiger partial charge on any atom is -0.381 e. The Morgan fingerprint density at radius 2 is 2.32 bits per heavy atom. The topological polar surface area (TPSA) is 34.2 Å². The second kappa shape index (κ2) is 5.88. The van der Waals surface area contributed by atoms with Gasteiger partial charge in [-0.15, -0.1) is 0 Å². The Balaban J connectivity index is 1.76. The fourth-order valence-electron chi connectivity index (χ4n) is 2.47. The third-order valence-electron chi connectivity index (χ3n) is 3.47. The third kappa shape index (κ3) is 3.07. The average Bonchev–Trinajstić information content (AvgIpc) is 2.45. The molecule has 1 N–H and O–H groups in total. The van der Waals surface area contributed by atoms with Gasteiger partial charge in [0, 0.05) is 29.2 Å². The first kappa shape index (κ1) is 12.9. The van der Waals surface area contributed by atoms with Crippen molar-refractivity contribution >= 4 is 32.5 Å². The Morgan fingerprint density at radius 1 is 1.37 bits per heavy atom. The summed E-state index contributed by atoms with van der Waals surface area (Å²) in [4.78, 5) is 4.49. The molecule has 2 aromatic rings. The van der Waals surface area contributed by atoms with Gasteiger partial charge in [0.25, 0.3) is 0 Å². The normalized spacial score (nSPS) is 19.5. The van der Waals surface area contributed by atoms with Gasteiger partial charge >= 0.3 is 0 Å². The average molecular weight is 321 g/mol. The van der Waals surface area contributed by atoms with Gasteiger partial charge in [-0.2, -0.15) is 0 Å². The number of benzene rings is 1. The Kier molecular flexibility index (Phi) is 3.99. The largest absolute Gasteiger partial charge is 0.381 e. The fourth-order valence-corrected chi connectivity index (χ4v) is 2.82. The molecule has 1 aromatic heterocycles. The molecule has 1 fully saturated rings. The molecule has 0 aliphatic carbocycles. The van der Waals surface area contributed by atoms with Crippen molar-refractivity contribution in [2.75, 3.05) is 18.5 Å². The number of rotatable bonds is 3. The van der Waals surface area contributed by atoms with E-state index in [1.54, 1.807) is 0 Å². The first-order valence-electron chi connectivity index (χ1n) is 6.73. The molecule has 1 aromatic carbocycles. The number of halogens is 1. The van der Waals surface area contributed by atoms with Crippen LogP contribution in [-0.2, 0) is 4.74 Å². The quantitative estimate of drug-likeness (QED) is 0.928. The molecule has 3 nitrogen and oxygen atoms in total. The molecule has 4 heteroatoms. The highest BCUT2D eigenvalue weighted by atomic mass is 79.9. The van der Waals surface area contributed by atoms with E-state index in [1.165, 1.54) is 12.8 Å². The molecule has 0 saturated carbocycles. The molecule has 1 aliphatic heterocycles. The molecular formula is C15H17BrN2O. The van der Waals surface area contributed by atoms with Crippen molar-refractivity contribution in [2.24, 2.45) is 0 Å². The number of nitrogens with one attached hydrogen (secondary N) is 1. The zero-order chi connectivity index (χ0) is 13.1. The van der Waals surface area contributed by atoms with Gasteiger partial charge in [-0.1, -0.05) is 12.1 Å². The van der Waals surface area contributed by atoms with Crippen molar-refractivity contribution in [3.63, 3.8) is 0 Å². The van der Waals surface area contributed by atoms with Crippen LogP contribution in [0, 0.1) is 0 Å². The van der Waals surface area contributed by atoms with E-state index in [4.69, 9.17) is 4.74 Å². The number of ether oxygens (including phenoxy) is 1. The Bertz CT molecular complexity index is 567. The maximum atomic E-state index is 5.74. The maximum absolute atomic E-state index is 5.74. The van der Waals surface area contributed by atoms with Gasteiger partial charge in [0.15, 0.2) is 0 Å². The predicted octanol–water partition coefficient (Wildman–Crippen LogP) is 3.98. The smallest absolute Gasteiger partial charge is 0.0934 e. The number of anilines is 1. The maximum Gasteiger partial charge on any atom is 0.0934 e. The lowest BCUT2D eigenvalue weighted by Crippen LogP contribution is -2.27. The van der Waals surface area contributed by atoms with Crippen molar-refractivity contribution in [2.45, 2.75) is 25.4 Å². The van der Waals surface area contributed by atoms with Gasteiger partial charge in [-0.3, -0.25) is 4.98 Å². The number of fused-ring (bicyclic) bond motifs is 1. The Hall–Kier alpha value is -1.13. The molecule has 2 heterocycles. The summed E-state index contributed by atoms with van der Waals surface area (Å²) < 4.78 is 6.75. The summed E-state index contributed by atoms with van der Waals surface area (Å²) in [5.74, 6) is 0. The van der Waals surface area contributed by atoms with Crippen LogP contribution in [0.3, 0.4) is 0 Å². The lowest BCUT2D eigenvalue weighted by Gasteiger charge is -2.23.